The number of aromatic hydroxyl groups is 2. The molecule has 0 radical (unpaired) electrons. The van der Waals surface area contributed by atoms with Gasteiger partial charge in [-0.05, 0) is 45.9 Å². The van der Waals surface area contributed by atoms with Crippen molar-refractivity contribution >= 4 is 17.5 Å². The van der Waals surface area contributed by atoms with Gasteiger partial charge in [0.2, 0.25) is 5.78 Å². The molecule has 148 valence electrons. The molecule has 7 nitrogen and oxygen atoms in total. The van der Waals surface area contributed by atoms with E-state index in [1.807, 2.05) is 0 Å². The molecule has 0 amide bonds. The maximum Gasteiger partial charge on any atom is 0.314 e. The lowest BCUT2D eigenvalue weighted by Crippen LogP contribution is -2.26. The van der Waals surface area contributed by atoms with E-state index in [1.165, 1.54) is 19.9 Å². The third-order valence-corrected chi connectivity index (χ3v) is 3.79. The largest absolute Gasteiger partial charge is 0.507 e. The SMILES string of the molecule is CC(C)=CC=C(OC(=O)CC(C)(C)O)C1=CC(=O)c2c(O)ccc(O)c2C1=O. The van der Waals surface area contributed by atoms with Crippen LogP contribution in [0.3, 0.4) is 0 Å². The first-order chi connectivity index (χ1) is 12.9. The topological polar surface area (TPSA) is 121 Å². The number of Topliss-reactive ketones (excluding diaryl/α,β-unsaturated/α-hetero) is 1. The quantitative estimate of drug-likeness (QED) is 0.308. The fourth-order valence-electron chi connectivity index (χ4n) is 2.58. The summed E-state index contributed by atoms with van der Waals surface area (Å²) in [5.74, 6) is -3.38. The number of carbonyl (C=O) groups is 3. The fourth-order valence-corrected chi connectivity index (χ4v) is 2.58. The molecule has 0 saturated heterocycles. The second-order valence-corrected chi connectivity index (χ2v) is 7.34. The summed E-state index contributed by atoms with van der Waals surface area (Å²) in [4.78, 5) is 37.5. The fraction of sp³-hybridized carbons (Fsp3) is 0.286. The van der Waals surface area contributed by atoms with Crippen molar-refractivity contribution in [3.63, 3.8) is 0 Å². The first-order valence-corrected chi connectivity index (χ1v) is 8.55. The normalized spacial score (nSPS) is 14.3. The summed E-state index contributed by atoms with van der Waals surface area (Å²) >= 11 is 0. The van der Waals surface area contributed by atoms with E-state index in [9.17, 15) is 29.7 Å². The summed E-state index contributed by atoms with van der Waals surface area (Å²) in [6, 6.07) is 2.21. The molecule has 0 atom stereocenters. The summed E-state index contributed by atoms with van der Waals surface area (Å²) in [6.45, 7) is 6.43. The lowest BCUT2D eigenvalue weighted by Gasteiger charge is -2.20. The van der Waals surface area contributed by atoms with Crippen molar-refractivity contribution in [2.24, 2.45) is 0 Å². The molecule has 1 aliphatic rings. The zero-order valence-electron chi connectivity index (χ0n) is 16.1. The number of esters is 1. The number of rotatable bonds is 5. The van der Waals surface area contributed by atoms with Crippen molar-refractivity contribution in [2.45, 2.75) is 39.7 Å². The molecule has 1 aliphatic carbocycles. The Morgan fingerprint density at radius 1 is 1.07 bits per heavy atom. The van der Waals surface area contributed by atoms with E-state index in [1.54, 1.807) is 19.9 Å². The number of benzene rings is 1. The highest BCUT2D eigenvalue weighted by atomic mass is 16.5. The number of ether oxygens (including phenoxy) is 1. The van der Waals surface area contributed by atoms with Gasteiger partial charge >= 0.3 is 5.97 Å². The summed E-state index contributed by atoms with van der Waals surface area (Å²) in [6.07, 6.45) is 3.56. The van der Waals surface area contributed by atoms with Crippen LogP contribution < -0.4 is 0 Å². The zero-order chi connectivity index (χ0) is 21.2. The molecular formula is C21H22O7. The van der Waals surface area contributed by atoms with Crippen LogP contribution in [-0.2, 0) is 9.53 Å². The van der Waals surface area contributed by atoms with Gasteiger partial charge in [0, 0.05) is 6.08 Å². The van der Waals surface area contributed by atoms with Crippen molar-refractivity contribution in [1.29, 1.82) is 0 Å². The molecule has 1 aromatic carbocycles. The Morgan fingerprint density at radius 2 is 1.64 bits per heavy atom. The number of hydrogen-bond acceptors (Lipinski definition) is 7. The van der Waals surface area contributed by atoms with E-state index >= 15 is 0 Å². The van der Waals surface area contributed by atoms with Crippen LogP contribution in [0.1, 0.15) is 54.8 Å². The number of allylic oxidation sites excluding steroid dienone is 5. The van der Waals surface area contributed by atoms with E-state index in [0.29, 0.717) is 0 Å². The van der Waals surface area contributed by atoms with Crippen molar-refractivity contribution < 1.29 is 34.4 Å². The van der Waals surface area contributed by atoms with Gasteiger partial charge in [0.05, 0.1) is 28.7 Å². The number of hydrogen-bond donors (Lipinski definition) is 3. The molecule has 0 heterocycles. The highest BCUT2D eigenvalue weighted by Gasteiger charge is 2.34. The first-order valence-electron chi connectivity index (χ1n) is 8.55. The van der Waals surface area contributed by atoms with Gasteiger partial charge < -0.3 is 20.1 Å². The van der Waals surface area contributed by atoms with E-state index in [0.717, 1.165) is 23.8 Å². The van der Waals surface area contributed by atoms with Gasteiger partial charge in [0.1, 0.15) is 17.3 Å². The predicted octanol–water partition coefficient (Wildman–Crippen LogP) is 2.96. The third kappa shape index (κ3) is 4.75. The highest BCUT2D eigenvalue weighted by Crippen LogP contribution is 2.36. The molecule has 0 bridgehead atoms. The Bertz CT molecular complexity index is 936. The van der Waals surface area contributed by atoms with Gasteiger partial charge in [-0.25, -0.2) is 0 Å². The minimum absolute atomic E-state index is 0.192. The lowest BCUT2D eigenvalue weighted by atomic mass is 9.87. The second-order valence-electron chi connectivity index (χ2n) is 7.34. The van der Waals surface area contributed by atoms with Crippen LogP contribution in [-0.4, -0.2) is 38.5 Å². The molecule has 1 aromatic rings. The van der Waals surface area contributed by atoms with E-state index in [4.69, 9.17) is 4.74 Å². The number of ketones is 2. The molecule has 0 aliphatic heterocycles. The van der Waals surface area contributed by atoms with Crippen molar-refractivity contribution in [2.75, 3.05) is 0 Å². The summed E-state index contributed by atoms with van der Waals surface area (Å²) in [5, 5.41) is 29.7. The van der Waals surface area contributed by atoms with Gasteiger partial charge in [0.25, 0.3) is 0 Å². The Kier molecular flexibility index (Phi) is 5.89. The third-order valence-electron chi connectivity index (χ3n) is 3.79. The molecule has 28 heavy (non-hydrogen) atoms. The van der Waals surface area contributed by atoms with Crippen LogP contribution in [0.25, 0.3) is 0 Å². The van der Waals surface area contributed by atoms with Gasteiger partial charge in [0.15, 0.2) is 5.78 Å². The smallest absolute Gasteiger partial charge is 0.314 e. The van der Waals surface area contributed by atoms with E-state index in [2.05, 4.69) is 0 Å². The van der Waals surface area contributed by atoms with Gasteiger partial charge in [-0.3, -0.25) is 14.4 Å². The molecule has 0 aromatic heterocycles. The van der Waals surface area contributed by atoms with Crippen LogP contribution >= 0.6 is 0 Å². The Morgan fingerprint density at radius 3 is 2.18 bits per heavy atom. The average molecular weight is 386 g/mol. The lowest BCUT2D eigenvalue weighted by molar-refractivity contribution is -0.143. The number of aliphatic hydroxyl groups is 1. The van der Waals surface area contributed by atoms with Crippen molar-refractivity contribution in [1.82, 2.24) is 0 Å². The van der Waals surface area contributed by atoms with Crippen LogP contribution in [0.5, 0.6) is 11.5 Å². The molecule has 0 fully saturated rings. The summed E-state index contributed by atoms with van der Waals surface area (Å²) in [7, 11) is 0. The number of carbonyl (C=O) groups excluding carboxylic acids is 3. The molecule has 0 spiro atoms. The van der Waals surface area contributed by atoms with Crippen LogP contribution in [0.15, 0.2) is 47.3 Å². The standard InChI is InChI=1S/C21H22O7/c1-11(2)5-8-16(28-17(25)10-21(3,4)27)12-9-15(24)18-13(22)6-7-14(23)19(18)20(12)26/h5-9,22-23,27H,10H2,1-4H3. The summed E-state index contributed by atoms with van der Waals surface area (Å²) < 4.78 is 5.25. The molecule has 7 heteroatoms. The predicted molar refractivity (Wildman–Crippen MR) is 101 cm³/mol. The molecular weight excluding hydrogens is 364 g/mol. The second kappa shape index (κ2) is 7.82. The van der Waals surface area contributed by atoms with Crippen LogP contribution in [0.2, 0.25) is 0 Å². The summed E-state index contributed by atoms with van der Waals surface area (Å²) in [5.41, 5.74) is -1.38. The van der Waals surface area contributed by atoms with E-state index in [-0.39, 0.29) is 28.9 Å². The number of fused-ring (bicyclic) bond motifs is 1. The Labute approximate surface area is 162 Å². The zero-order valence-corrected chi connectivity index (χ0v) is 16.1. The average Bonchev–Trinajstić information content (AvgIpc) is 2.55. The number of phenolic OH excluding ortho intramolecular Hbond substituents is 2. The van der Waals surface area contributed by atoms with Gasteiger partial charge in [-0.2, -0.15) is 0 Å². The van der Waals surface area contributed by atoms with Crippen LogP contribution in [0.4, 0.5) is 0 Å². The van der Waals surface area contributed by atoms with Gasteiger partial charge in [-0.1, -0.05) is 11.6 Å². The van der Waals surface area contributed by atoms with Crippen molar-refractivity contribution in [3.8, 4) is 11.5 Å². The van der Waals surface area contributed by atoms with Crippen LogP contribution in [0, 0.1) is 0 Å². The molecule has 2 rings (SSSR count). The molecule has 0 unspecified atom stereocenters. The molecule has 0 saturated carbocycles. The van der Waals surface area contributed by atoms with Gasteiger partial charge in [-0.15, -0.1) is 0 Å². The van der Waals surface area contributed by atoms with E-state index < -0.39 is 34.6 Å². The minimum atomic E-state index is -1.32. The first kappa shape index (κ1) is 21.1. The maximum absolute atomic E-state index is 12.9. The molecule has 3 N–H and O–H groups in total. The highest BCUT2D eigenvalue weighted by molar-refractivity contribution is 6.28. The number of phenols is 2. The van der Waals surface area contributed by atoms with Crippen molar-refractivity contribution in [3.05, 3.63) is 58.4 Å². The minimum Gasteiger partial charge on any atom is -0.507 e. The maximum atomic E-state index is 12.9. The monoisotopic (exact) mass is 386 g/mol. The Hall–Kier alpha value is -3.19. The Balaban J connectivity index is 2.52.